The van der Waals surface area contributed by atoms with Crippen molar-refractivity contribution < 1.29 is 22.4 Å². The Morgan fingerprint density at radius 2 is 1.71 bits per heavy atom. The molecule has 1 fully saturated rings. The third kappa shape index (κ3) is 7.27. The Hall–Kier alpha value is -2.46. The summed E-state index contributed by atoms with van der Waals surface area (Å²) in [4.78, 5) is 27.9. The lowest BCUT2D eigenvalue weighted by Crippen LogP contribution is -2.53. The molecular formula is C25H31BrFN3O4S. The maximum absolute atomic E-state index is 14.5. The van der Waals surface area contributed by atoms with Gasteiger partial charge in [-0.1, -0.05) is 49.6 Å². The van der Waals surface area contributed by atoms with Crippen LogP contribution in [0.25, 0.3) is 0 Å². The molecule has 3 rings (SSSR count). The van der Waals surface area contributed by atoms with E-state index in [0.29, 0.717) is 10.2 Å². The van der Waals surface area contributed by atoms with E-state index in [4.69, 9.17) is 0 Å². The molecule has 2 amide bonds. The van der Waals surface area contributed by atoms with Crippen molar-refractivity contribution in [2.45, 2.75) is 57.7 Å². The first-order chi connectivity index (χ1) is 16.6. The quantitative estimate of drug-likeness (QED) is 0.491. The molecule has 0 spiro atoms. The van der Waals surface area contributed by atoms with E-state index in [9.17, 15) is 22.4 Å². The van der Waals surface area contributed by atoms with Crippen molar-refractivity contribution >= 4 is 43.5 Å². The minimum absolute atomic E-state index is 0.0388. The van der Waals surface area contributed by atoms with E-state index in [0.717, 1.165) is 42.7 Å². The highest BCUT2D eigenvalue weighted by molar-refractivity contribution is 9.10. The van der Waals surface area contributed by atoms with Gasteiger partial charge in [-0.3, -0.25) is 13.9 Å². The van der Waals surface area contributed by atoms with Crippen LogP contribution in [-0.4, -0.2) is 50.0 Å². The van der Waals surface area contributed by atoms with Gasteiger partial charge in [0.1, 0.15) is 18.4 Å². The van der Waals surface area contributed by atoms with Crippen LogP contribution in [0.1, 0.15) is 44.6 Å². The van der Waals surface area contributed by atoms with Gasteiger partial charge in [0.2, 0.25) is 21.8 Å². The lowest BCUT2D eigenvalue weighted by Gasteiger charge is -2.33. The second kappa shape index (κ2) is 12.0. The molecule has 0 unspecified atom stereocenters. The van der Waals surface area contributed by atoms with Crippen molar-refractivity contribution in [3.8, 4) is 0 Å². The Labute approximate surface area is 214 Å². The number of carbonyl (C=O) groups excluding carboxylic acids is 2. The fourth-order valence-electron chi connectivity index (χ4n) is 4.21. The van der Waals surface area contributed by atoms with Crippen LogP contribution in [0.3, 0.4) is 0 Å². The van der Waals surface area contributed by atoms with E-state index in [1.165, 1.54) is 11.0 Å². The summed E-state index contributed by atoms with van der Waals surface area (Å²) in [7, 11) is -3.84. The normalized spacial score (nSPS) is 15.3. The molecule has 0 heterocycles. The molecule has 1 aliphatic rings. The number of hydrogen-bond donors (Lipinski definition) is 1. The third-order valence-corrected chi connectivity index (χ3v) is 8.01. The van der Waals surface area contributed by atoms with Crippen molar-refractivity contribution in [2.75, 3.05) is 17.1 Å². The number of para-hydroxylation sites is 1. The highest BCUT2D eigenvalue weighted by Crippen LogP contribution is 2.28. The predicted molar refractivity (Wildman–Crippen MR) is 138 cm³/mol. The van der Waals surface area contributed by atoms with Gasteiger partial charge in [0.05, 0.1) is 11.9 Å². The Morgan fingerprint density at radius 1 is 1.09 bits per heavy atom. The zero-order valence-corrected chi connectivity index (χ0v) is 22.3. The Morgan fingerprint density at radius 3 is 2.34 bits per heavy atom. The van der Waals surface area contributed by atoms with Crippen LogP contribution in [0.2, 0.25) is 0 Å². The highest BCUT2D eigenvalue weighted by atomic mass is 79.9. The third-order valence-electron chi connectivity index (χ3n) is 6.22. The molecule has 7 nitrogen and oxygen atoms in total. The zero-order chi connectivity index (χ0) is 25.6. The number of nitrogens with one attached hydrogen (secondary N) is 1. The van der Waals surface area contributed by atoms with Gasteiger partial charge >= 0.3 is 0 Å². The Kier molecular flexibility index (Phi) is 9.29. The van der Waals surface area contributed by atoms with Crippen molar-refractivity contribution in [1.82, 2.24) is 10.2 Å². The van der Waals surface area contributed by atoms with E-state index in [2.05, 4.69) is 21.2 Å². The first-order valence-electron chi connectivity index (χ1n) is 11.6. The summed E-state index contributed by atoms with van der Waals surface area (Å²) in [6.45, 7) is 0.884. The number of nitrogens with zero attached hydrogens (tertiary/aromatic N) is 2. The molecule has 1 atom stereocenters. The van der Waals surface area contributed by atoms with Crippen molar-refractivity contribution in [2.24, 2.45) is 0 Å². The summed E-state index contributed by atoms with van der Waals surface area (Å²) in [6, 6.07) is 11.8. The monoisotopic (exact) mass is 567 g/mol. The molecule has 0 aromatic heterocycles. The molecule has 0 radical (unpaired) electrons. The maximum Gasteiger partial charge on any atom is 0.244 e. The first-order valence-corrected chi connectivity index (χ1v) is 14.3. The molecule has 1 saturated carbocycles. The highest BCUT2D eigenvalue weighted by Gasteiger charge is 2.32. The van der Waals surface area contributed by atoms with Crippen LogP contribution < -0.4 is 9.62 Å². The van der Waals surface area contributed by atoms with Gasteiger partial charge in [-0.2, -0.15) is 0 Å². The number of hydrogen-bond acceptors (Lipinski definition) is 4. The van der Waals surface area contributed by atoms with Gasteiger partial charge in [-0.05, 0) is 53.9 Å². The van der Waals surface area contributed by atoms with E-state index in [1.807, 2.05) is 0 Å². The number of amides is 2. The minimum atomic E-state index is -3.84. The summed E-state index contributed by atoms with van der Waals surface area (Å²) in [5.74, 6) is -1.45. The summed E-state index contributed by atoms with van der Waals surface area (Å²) < 4.78 is 41.2. The summed E-state index contributed by atoms with van der Waals surface area (Å²) in [6.07, 6.45) is 5.97. The van der Waals surface area contributed by atoms with E-state index < -0.39 is 34.3 Å². The van der Waals surface area contributed by atoms with Crippen molar-refractivity contribution in [1.29, 1.82) is 0 Å². The summed E-state index contributed by atoms with van der Waals surface area (Å²) >= 11 is 3.34. The molecule has 2 aromatic rings. The number of carbonyl (C=O) groups is 2. The van der Waals surface area contributed by atoms with Gasteiger partial charge in [0.25, 0.3) is 0 Å². The van der Waals surface area contributed by atoms with E-state index >= 15 is 0 Å². The number of sulfonamides is 1. The first kappa shape index (κ1) is 27.1. The Balaban J connectivity index is 1.89. The average Bonchev–Trinajstić information content (AvgIpc) is 2.82. The SMILES string of the molecule is C[C@@H](C(=O)NC1CCCCC1)N(Cc1ccccc1F)C(=O)CN(c1ccccc1Br)S(C)(=O)=O. The van der Waals surface area contributed by atoms with Gasteiger partial charge in [0, 0.05) is 22.6 Å². The second-order valence-electron chi connectivity index (χ2n) is 8.85. The lowest BCUT2D eigenvalue weighted by molar-refractivity contribution is -0.139. The van der Waals surface area contributed by atoms with Gasteiger partial charge in [0.15, 0.2) is 0 Å². The fraction of sp³-hybridized carbons (Fsp3) is 0.440. The number of halogens is 2. The van der Waals surface area contributed by atoms with Crippen LogP contribution in [0.4, 0.5) is 10.1 Å². The molecule has 0 bridgehead atoms. The van der Waals surface area contributed by atoms with Gasteiger partial charge in [-0.15, -0.1) is 0 Å². The van der Waals surface area contributed by atoms with E-state index in [-0.39, 0.29) is 24.1 Å². The van der Waals surface area contributed by atoms with Gasteiger partial charge < -0.3 is 10.2 Å². The number of rotatable bonds is 9. The lowest BCUT2D eigenvalue weighted by atomic mass is 9.95. The molecule has 1 N–H and O–H groups in total. The Bertz CT molecular complexity index is 1150. The van der Waals surface area contributed by atoms with Crippen LogP contribution in [0.5, 0.6) is 0 Å². The molecule has 0 saturated heterocycles. The fourth-order valence-corrected chi connectivity index (χ4v) is 5.69. The smallest absolute Gasteiger partial charge is 0.244 e. The topological polar surface area (TPSA) is 86.8 Å². The maximum atomic E-state index is 14.5. The average molecular weight is 569 g/mol. The number of anilines is 1. The van der Waals surface area contributed by atoms with Crippen LogP contribution >= 0.6 is 15.9 Å². The van der Waals surface area contributed by atoms with E-state index in [1.54, 1.807) is 49.4 Å². The zero-order valence-electron chi connectivity index (χ0n) is 19.9. The van der Waals surface area contributed by atoms with Crippen molar-refractivity contribution in [3.05, 3.63) is 64.4 Å². The molecule has 2 aromatic carbocycles. The summed E-state index contributed by atoms with van der Waals surface area (Å²) in [5.41, 5.74) is 0.540. The second-order valence-corrected chi connectivity index (χ2v) is 11.6. The number of benzene rings is 2. The summed E-state index contributed by atoms with van der Waals surface area (Å²) in [5, 5.41) is 3.01. The minimum Gasteiger partial charge on any atom is -0.352 e. The largest absolute Gasteiger partial charge is 0.352 e. The molecule has 1 aliphatic carbocycles. The van der Waals surface area contributed by atoms with Gasteiger partial charge in [-0.25, -0.2) is 12.8 Å². The van der Waals surface area contributed by atoms with Crippen LogP contribution in [-0.2, 0) is 26.2 Å². The molecular weight excluding hydrogens is 537 g/mol. The molecule has 35 heavy (non-hydrogen) atoms. The standard InChI is InChI=1S/C25H31BrFN3O4S/c1-18(25(32)28-20-11-4-3-5-12-20)29(16-19-10-6-8-14-22(19)27)24(31)17-30(35(2,33)34)23-15-9-7-13-21(23)26/h6-10,13-15,18,20H,3-5,11-12,16-17H2,1-2H3,(H,28,32)/t18-/m0/s1. The van der Waals surface area contributed by atoms with Crippen molar-refractivity contribution in [3.63, 3.8) is 0 Å². The van der Waals surface area contributed by atoms with Crippen LogP contribution in [0, 0.1) is 5.82 Å². The predicted octanol–water partition coefficient (Wildman–Crippen LogP) is 4.22. The molecule has 10 heteroatoms. The molecule has 190 valence electrons. The van der Waals surface area contributed by atoms with Crippen LogP contribution in [0.15, 0.2) is 53.0 Å². The molecule has 0 aliphatic heterocycles.